The standard InChI is InChI=1S/C24H30N4O2S/c1-18-9-11-20(12-10-18)17-22-26-24(31-27-22)28(15-16-30-3)14-13-23(29)25-19(2)21-7-5-4-6-8-21/h4-12,19H,13-17H2,1-3H3,(H,25,29). The van der Waals surface area contributed by atoms with Gasteiger partial charge in [-0.15, -0.1) is 0 Å². The van der Waals surface area contributed by atoms with Gasteiger partial charge in [0.25, 0.3) is 0 Å². The predicted molar refractivity (Wildman–Crippen MR) is 126 cm³/mol. The van der Waals surface area contributed by atoms with Gasteiger partial charge in [-0.05, 0) is 25.0 Å². The van der Waals surface area contributed by atoms with E-state index in [1.807, 2.05) is 37.3 Å². The molecule has 1 unspecified atom stereocenters. The summed E-state index contributed by atoms with van der Waals surface area (Å²) in [6.45, 7) is 5.87. The van der Waals surface area contributed by atoms with E-state index < -0.39 is 0 Å². The van der Waals surface area contributed by atoms with Gasteiger partial charge in [-0.1, -0.05) is 60.2 Å². The summed E-state index contributed by atoms with van der Waals surface area (Å²) in [6, 6.07) is 18.4. The van der Waals surface area contributed by atoms with Crippen LogP contribution in [0.2, 0.25) is 0 Å². The summed E-state index contributed by atoms with van der Waals surface area (Å²) in [7, 11) is 1.68. The van der Waals surface area contributed by atoms with Gasteiger partial charge >= 0.3 is 0 Å². The van der Waals surface area contributed by atoms with Crippen molar-refractivity contribution >= 4 is 22.6 Å². The first-order chi connectivity index (χ1) is 15.0. The number of carbonyl (C=O) groups is 1. The molecule has 2 aromatic carbocycles. The highest BCUT2D eigenvalue weighted by atomic mass is 32.1. The molecule has 3 rings (SSSR count). The number of nitrogens with one attached hydrogen (secondary N) is 1. The number of methoxy groups -OCH3 is 1. The molecule has 6 nitrogen and oxygen atoms in total. The quantitative estimate of drug-likeness (QED) is 0.487. The highest BCUT2D eigenvalue weighted by Crippen LogP contribution is 2.20. The van der Waals surface area contributed by atoms with Gasteiger partial charge in [0.1, 0.15) is 5.82 Å². The number of amides is 1. The van der Waals surface area contributed by atoms with E-state index in [1.165, 1.54) is 22.7 Å². The van der Waals surface area contributed by atoms with E-state index in [0.29, 0.717) is 32.5 Å². The van der Waals surface area contributed by atoms with Crippen LogP contribution in [0, 0.1) is 6.92 Å². The number of hydrogen-bond donors (Lipinski definition) is 1. The van der Waals surface area contributed by atoms with E-state index in [1.54, 1.807) is 7.11 Å². The molecule has 1 aromatic heterocycles. The minimum absolute atomic E-state index is 0.0168. The number of aromatic nitrogens is 2. The monoisotopic (exact) mass is 438 g/mol. The van der Waals surface area contributed by atoms with E-state index in [-0.39, 0.29) is 11.9 Å². The summed E-state index contributed by atoms with van der Waals surface area (Å²) in [6.07, 6.45) is 1.08. The zero-order valence-corrected chi connectivity index (χ0v) is 19.2. The maximum atomic E-state index is 12.5. The third-order valence-corrected chi connectivity index (χ3v) is 5.88. The minimum Gasteiger partial charge on any atom is -0.383 e. The lowest BCUT2D eigenvalue weighted by Crippen LogP contribution is -2.33. The van der Waals surface area contributed by atoms with Gasteiger partial charge in [-0.3, -0.25) is 4.79 Å². The van der Waals surface area contributed by atoms with E-state index in [0.717, 1.165) is 16.5 Å². The number of rotatable bonds is 11. The number of carbonyl (C=O) groups excluding carboxylic acids is 1. The summed E-state index contributed by atoms with van der Waals surface area (Å²) in [5.74, 6) is 0.816. The number of anilines is 1. The normalized spacial score (nSPS) is 11.8. The van der Waals surface area contributed by atoms with Crippen molar-refractivity contribution in [2.24, 2.45) is 0 Å². The molecule has 1 amide bonds. The van der Waals surface area contributed by atoms with Gasteiger partial charge in [0.2, 0.25) is 11.0 Å². The second-order valence-electron chi connectivity index (χ2n) is 7.59. The smallest absolute Gasteiger partial charge is 0.222 e. The van der Waals surface area contributed by atoms with Crippen molar-refractivity contribution in [3.05, 3.63) is 77.1 Å². The molecule has 0 aliphatic carbocycles. The van der Waals surface area contributed by atoms with Crippen molar-refractivity contribution in [2.75, 3.05) is 31.7 Å². The zero-order chi connectivity index (χ0) is 22.1. The summed E-state index contributed by atoms with van der Waals surface area (Å²) in [5, 5.41) is 3.89. The molecule has 0 bridgehead atoms. The number of aryl methyl sites for hydroxylation is 1. The zero-order valence-electron chi connectivity index (χ0n) is 18.4. The first-order valence-corrected chi connectivity index (χ1v) is 11.3. The van der Waals surface area contributed by atoms with Gasteiger partial charge in [0.15, 0.2) is 0 Å². The van der Waals surface area contributed by atoms with Gasteiger partial charge in [0.05, 0.1) is 12.6 Å². The maximum Gasteiger partial charge on any atom is 0.222 e. The Bertz CT molecular complexity index is 944. The fourth-order valence-corrected chi connectivity index (χ4v) is 3.95. The summed E-state index contributed by atoms with van der Waals surface area (Å²) in [4.78, 5) is 19.3. The van der Waals surface area contributed by atoms with Crippen LogP contribution in [0.25, 0.3) is 0 Å². The molecule has 0 aliphatic heterocycles. The number of hydrogen-bond acceptors (Lipinski definition) is 6. The Morgan fingerprint density at radius 1 is 1.13 bits per heavy atom. The first-order valence-electron chi connectivity index (χ1n) is 10.5. The molecule has 1 atom stereocenters. The minimum atomic E-state index is -0.0243. The predicted octanol–water partition coefficient (Wildman–Crippen LogP) is 4.16. The van der Waals surface area contributed by atoms with Crippen LogP contribution in [-0.2, 0) is 16.0 Å². The number of nitrogens with zero attached hydrogens (tertiary/aromatic N) is 3. The maximum absolute atomic E-state index is 12.5. The van der Waals surface area contributed by atoms with E-state index in [4.69, 9.17) is 9.72 Å². The second-order valence-corrected chi connectivity index (χ2v) is 8.32. The van der Waals surface area contributed by atoms with Crippen molar-refractivity contribution in [3.8, 4) is 0 Å². The Hall–Kier alpha value is -2.77. The van der Waals surface area contributed by atoms with Gasteiger partial charge in [-0.25, -0.2) is 4.98 Å². The molecule has 1 N–H and O–H groups in total. The molecule has 0 saturated carbocycles. The molecule has 3 aromatic rings. The summed E-state index contributed by atoms with van der Waals surface area (Å²) < 4.78 is 9.78. The van der Waals surface area contributed by atoms with Crippen molar-refractivity contribution in [1.82, 2.24) is 14.7 Å². The Morgan fingerprint density at radius 3 is 2.58 bits per heavy atom. The highest BCUT2D eigenvalue weighted by molar-refractivity contribution is 7.09. The molecule has 1 heterocycles. The molecule has 164 valence electrons. The van der Waals surface area contributed by atoms with Crippen LogP contribution in [0.5, 0.6) is 0 Å². The Kier molecular flexibility index (Phi) is 8.55. The van der Waals surface area contributed by atoms with E-state index in [9.17, 15) is 4.79 Å². The lowest BCUT2D eigenvalue weighted by atomic mass is 10.1. The van der Waals surface area contributed by atoms with Crippen LogP contribution in [0.15, 0.2) is 54.6 Å². The topological polar surface area (TPSA) is 67.3 Å². The molecule has 31 heavy (non-hydrogen) atoms. The van der Waals surface area contributed by atoms with Crippen LogP contribution in [-0.4, -0.2) is 42.1 Å². The third kappa shape index (κ3) is 7.15. The molecule has 0 fully saturated rings. The van der Waals surface area contributed by atoms with Gasteiger partial charge < -0.3 is 15.0 Å². The summed E-state index contributed by atoms with van der Waals surface area (Å²) >= 11 is 1.37. The van der Waals surface area contributed by atoms with Crippen molar-refractivity contribution in [3.63, 3.8) is 0 Å². The van der Waals surface area contributed by atoms with Crippen LogP contribution in [0.3, 0.4) is 0 Å². The molecule has 0 aliphatic rings. The molecule has 0 spiro atoms. The highest BCUT2D eigenvalue weighted by Gasteiger charge is 2.16. The lowest BCUT2D eigenvalue weighted by molar-refractivity contribution is -0.121. The number of benzene rings is 2. The van der Waals surface area contributed by atoms with Crippen LogP contribution >= 0.6 is 11.5 Å². The largest absolute Gasteiger partial charge is 0.383 e. The Labute approximate surface area is 188 Å². The van der Waals surface area contributed by atoms with Crippen molar-refractivity contribution in [2.45, 2.75) is 32.7 Å². The van der Waals surface area contributed by atoms with Crippen LogP contribution in [0.1, 0.15) is 41.9 Å². The molecule has 0 saturated heterocycles. The number of ether oxygens (including phenoxy) is 1. The molecular formula is C24H30N4O2S. The van der Waals surface area contributed by atoms with Crippen LogP contribution in [0.4, 0.5) is 5.13 Å². The fourth-order valence-electron chi connectivity index (χ4n) is 3.21. The Morgan fingerprint density at radius 2 is 1.87 bits per heavy atom. The Balaban J connectivity index is 1.57. The van der Waals surface area contributed by atoms with E-state index in [2.05, 4.69) is 45.8 Å². The average Bonchev–Trinajstić information content (AvgIpc) is 3.24. The molecule has 7 heteroatoms. The SMILES string of the molecule is COCCN(CCC(=O)NC(C)c1ccccc1)c1nc(Cc2ccc(C)cc2)ns1. The van der Waals surface area contributed by atoms with Gasteiger partial charge in [-0.2, -0.15) is 4.37 Å². The third-order valence-electron chi connectivity index (χ3n) is 5.06. The van der Waals surface area contributed by atoms with Gasteiger partial charge in [0, 0.05) is 44.6 Å². The summed E-state index contributed by atoms with van der Waals surface area (Å²) in [5.41, 5.74) is 3.52. The second kappa shape index (κ2) is 11.6. The van der Waals surface area contributed by atoms with E-state index >= 15 is 0 Å². The first kappa shape index (κ1) is 22.9. The molecular weight excluding hydrogens is 408 g/mol. The lowest BCUT2D eigenvalue weighted by Gasteiger charge is -2.21. The average molecular weight is 439 g/mol. The van der Waals surface area contributed by atoms with Crippen LogP contribution < -0.4 is 10.2 Å². The molecule has 0 radical (unpaired) electrons. The van der Waals surface area contributed by atoms with Crippen molar-refractivity contribution in [1.29, 1.82) is 0 Å². The van der Waals surface area contributed by atoms with Crippen molar-refractivity contribution < 1.29 is 9.53 Å². The fraction of sp³-hybridized carbons (Fsp3) is 0.375.